The van der Waals surface area contributed by atoms with E-state index in [-0.39, 0.29) is 17.8 Å². The maximum Gasteiger partial charge on any atom is 0.342 e. The average Bonchev–Trinajstić information content (AvgIpc) is 3.31. The van der Waals surface area contributed by atoms with Crippen molar-refractivity contribution in [3.63, 3.8) is 0 Å². The molecular formula is C20H26O9. The normalized spacial score (nSPS) is 62.0. The molecule has 8 unspecified atom stereocenters. The van der Waals surface area contributed by atoms with E-state index in [4.69, 9.17) is 18.9 Å². The number of esters is 2. The maximum atomic E-state index is 13.3. The molecule has 3 N–H and O–H groups in total. The lowest BCUT2D eigenvalue weighted by Gasteiger charge is -2.46. The smallest absolute Gasteiger partial charge is 0.342 e. The Morgan fingerprint density at radius 1 is 1.10 bits per heavy atom. The summed E-state index contributed by atoms with van der Waals surface area (Å²) in [5, 5.41) is 33.4. The van der Waals surface area contributed by atoms with Crippen LogP contribution < -0.4 is 0 Å². The molecule has 0 radical (unpaired) electrons. The summed E-state index contributed by atoms with van der Waals surface area (Å²) in [5.41, 5.74) is -6.57. The van der Waals surface area contributed by atoms with E-state index in [1.807, 2.05) is 20.8 Å². The summed E-state index contributed by atoms with van der Waals surface area (Å²) in [6, 6.07) is 0. The topological polar surface area (TPSA) is 132 Å². The lowest BCUT2D eigenvalue weighted by Crippen LogP contribution is -2.66. The molecule has 0 aromatic carbocycles. The van der Waals surface area contributed by atoms with Crippen LogP contribution in [0.4, 0.5) is 0 Å². The molecule has 9 heteroatoms. The molecule has 160 valence electrons. The van der Waals surface area contributed by atoms with Crippen LogP contribution in [-0.4, -0.2) is 69.4 Å². The molecule has 4 heterocycles. The first-order valence-electron chi connectivity index (χ1n) is 10.2. The van der Waals surface area contributed by atoms with Gasteiger partial charge in [0.1, 0.15) is 11.7 Å². The van der Waals surface area contributed by atoms with E-state index in [2.05, 4.69) is 0 Å². The molecule has 6 rings (SSSR count). The van der Waals surface area contributed by atoms with Crippen molar-refractivity contribution in [1.29, 1.82) is 0 Å². The minimum atomic E-state index is -1.88. The molecule has 29 heavy (non-hydrogen) atoms. The number of ether oxygens (including phenoxy) is 4. The van der Waals surface area contributed by atoms with Gasteiger partial charge < -0.3 is 34.3 Å². The maximum absolute atomic E-state index is 13.3. The first-order chi connectivity index (χ1) is 13.4. The van der Waals surface area contributed by atoms with Gasteiger partial charge in [0.15, 0.2) is 12.4 Å². The minimum Gasteiger partial charge on any atom is -0.459 e. The zero-order valence-electron chi connectivity index (χ0n) is 16.7. The van der Waals surface area contributed by atoms with Gasteiger partial charge in [0.25, 0.3) is 0 Å². The highest BCUT2D eigenvalue weighted by Crippen LogP contribution is 2.84. The van der Waals surface area contributed by atoms with E-state index >= 15 is 0 Å². The first kappa shape index (κ1) is 18.5. The summed E-state index contributed by atoms with van der Waals surface area (Å²) in [5.74, 6) is -2.63. The number of carbonyl (C=O) groups excluding carboxylic acids is 2. The van der Waals surface area contributed by atoms with Gasteiger partial charge in [-0.1, -0.05) is 27.7 Å². The van der Waals surface area contributed by atoms with E-state index in [1.165, 1.54) is 0 Å². The highest BCUT2D eigenvalue weighted by molar-refractivity contribution is 5.91. The van der Waals surface area contributed by atoms with E-state index in [0.29, 0.717) is 6.42 Å². The van der Waals surface area contributed by atoms with Crippen LogP contribution in [0.5, 0.6) is 0 Å². The zero-order valence-corrected chi connectivity index (χ0v) is 16.7. The molecule has 0 aromatic rings. The van der Waals surface area contributed by atoms with Gasteiger partial charge in [0.05, 0.1) is 16.9 Å². The van der Waals surface area contributed by atoms with Crippen molar-refractivity contribution in [3.8, 4) is 0 Å². The fraction of sp³-hybridized carbons (Fsp3) is 0.900. The summed E-state index contributed by atoms with van der Waals surface area (Å²) in [6.07, 6.45) is -4.96. The Hall–Kier alpha value is -1.26. The third kappa shape index (κ3) is 1.41. The third-order valence-corrected chi connectivity index (χ3v) is 9.12. The number of hydrogen-bond acceptors (Lipinski definition) is 9. The fourth-order valence-corrected chi connectivity index (χ4v) is 8.19. The third-order valence-electron chi connectivity index (χ3n) is 9.12. The van der Waals surface area contributed by atoms with Gasteiger partial charge in [-0.3, -0.25) is 0 Å². The molecule has 0 aromatic heterocycles. The molecule has 4 aliphatic heterocycles. The van der Waals surface area contributed by atoms with Crippen LogP contribution >= 0.6 is 0 Å². The molecule has 2 spiro atoms. The predicted molar refractivity (Wildman–Crippen MR) is 91.6 cm³/mol. The Kier molecular flexibility index (Phi) is 2.97. The van der Waals surface area contributed by atoms with Crippen LogP contribution in [0, 0.1) is 28.1 Å². The van der Waals surface area contributed by atoms with Crippen LogP contribution in [0.2, 0.25) is 0 Å². The minimum absolute atomic E-state index is 0.123. The lowest BCUT2D eigenvalue weighted by molar-refractivity contribution is -0.238. The van der Waals surface area contributed by atoms with Crippen LogP contribution in [-0.2, 0) is 28.5 Å². The van der Waals surface area contributed by atoms with Crippen molar-refractivity contribution >= 4 is 11.9 Å². The molecule has 2 aliphatic carbocycles. The van der Waals surface area contributed by atoms with Crippen molar-refractivity contribution in [2.24, 2.45) is 28.1 Å². The molecule has 9 nitrogen and oxygen atoms in total. The molecule has 0 bridgehead atoms. The Balaban J connectivity index is 1.67. The van der Waals surface area contributed by atoms with Crippen molar-refractivity contribution < 1.29 is 43.9 Å². The summed E-state index contributed by atoms with van der Waals surface area (Å²) in [7, 11) is 0. The first-order valence-corrected chi connectivity index (χ1v) is 10.2. The van der Waals surface area contributed by atoms with Crippen molar-refractivity contribution in [2.75, 3.05) is 0 Å². The Morgan fingerprint density at radius 3 is 2.45 bits per heavy atom. The predicted octanol–water partition coefficient (Wildman–Crippen LogP) is -0.548. The van der Waals surface area contributed by atoms with Gasteiger partial charge in [-0.2, -0.15) is 0 Å². The largest absolute Gasteiger partial charge is 0.459 e. The molecule has 11 atom stereocenters. The number of hydrogen-bond donors (Lipinski definition) is 3. The van der Waals surface area contributed by atoms with Crippen molar-refractivity contribution in [3.05, 3.63) is 0 Å². The van der Waals surface area contributed by atoms with Crippen LogP contribution in [0.3, 0.4) is 0 Å². The lowest BCUT2D eigenvalue weighted by atomic mass is 9.51. The Morgan fingerprint density at radius 2 is 1.79 bits per heavy atom. The molecule has 4 saturated heterocycles. The van der Waals surface area contributed by atoms with Gasteiger partial charge in [-0.15, -0.1) is 0 Å². The van der Waals surface area contributed by atoms with Crippen molar-refractivity contribution in [2.45, 2.75) is 82.6 Å². The summed E-state index contributed by atoms with van der Waals surface area (Å²) in [6.45, 7) is 7.62. The van der Waals surface area contributed by atoms with E-state index in [0.717, 1.165) is 0 Å². The highest BCUT2D eigenvalue weighted by atomic mass is 16.8. The molecular weight excluding hydrogens is 384 g/mol. The Bertz CT molecular complexity index is 851. The van der Waals surface area contributed by atoms with E-state index in [1.54, 1.807) is 6.92 Å². The molecule has 6 fully saturated rings. The van der Waals surface area contributed by atoms with Gasteiger partial charge in [-0.05, 0) is 24.2 Å². The average molecular weight is 410 g/mol. The fourth-order valence-electron chi connectivity index (χ4n) is 8.19. The van der Waals surface area contributed by atoms with Crippen LogP contribution in [0.15, 0.2) is 0 Å². The van der Waals surface area contributed by atoms with Crippen LogP contribution in [0.25, 0.3) is 0 Å². The summed E-state index contributed by atoms with van der Waals surface area (Å²) in [4.78, 5) is 25.9. The summed E-state index contributed by atoms with van der Waals surface area (Å²) >= 11 is 0. The number of carbonyl (C=O) groups is 2. The van der Waals surface area contributed by atoms with Gasteiger partial charge in [0.2, 0.25) is 11.9 Å². The van der Waals surface area contributed by atoms with Gasteiger partial charge in [0, 0.05) is 5.92 Å². The standard InChI is InChI=1S/C20H26O9/c1-7-12(22)26-10-6-17-9-5-8(16(2,3)4)18(17)11(21)13(23)28-15(18)29-20(17,14(24)27-9)19(7,10)25/h7-12,15,21-22,25H,5-6H2,1-4H3/t7-,8?,9?,10?,11+,12?,15?,17?,18?,19-,20?/m1/s1. The van der Waals surface area contributed by atoms with Crippen molar-refractivity contribution in [1.82, 2.24) is 0 Å². The van der Waals surface area contributed by atoms with Gasteiger partial charge >= 0.3 is 11.9 Å². The molecule has 2 saturated carbocycles. The SMILES string of the molecule is C[C@@H]1C(O)OC2CC34C5CC(C(C)(C)C)C36C(OC(=O)[C@@H]6O)OC4(C(=O)O5)[C@]21O. The number of aliphatic hydroxyl groups excluding tert-OH is 2. The van der Waals surface area contributed by atoms with Crippen LogP contribution in [0.1, 0.15) is 40.5 Å². The number of fused-ring (bicyclic) bond motifs is 1. The number of rotatable bonds is 0. The van der Waals surface area contributed by atoms with Gasteiger partial charge in [-0.25, -0.2) is 9.59 Å². The van der Waals surface area contributed by atoms with E-state index < -0.39 is 70.8 Å². The second-order valence-corrected chi connectivity index (χ2v) is 10.8. The number of aliphatic hydroxyl groups is 3. The molecule has 6 aliphatic rings. The molecule has 0 amide bonds. The monoisotopic (exact) mass is 410 g/mol. The van der Waals surface area contributed by atoms with E-state index in [9.17, 15) is 24.9 Å². The summed E-state index contributed by atoms with van der Waals surface area (Å²) < 4.78 is 23.2. The quantitative estimate of drug-likeness (QED) is 0.450. The Labute approximate surface area is 167 Å². The highest BCUT2D eigenvalue weighted by Gasteiger charge is 3.00. The zero-order chi connectivity index (χ0) is 20.9. The second kappa shape index (κ2) is 4.65. The second-order valence-electron chi connectivity index (χ2n) is 10.8.